The van der Waals surface area contributed by atoms with Crippen molar-refractivity contribution in [1.82, 2.24) is 10.3 Å². The standard InChI is InChI=1S/C14H21N3O3/c1-5-8(2)12(13(18)19)17-14(20)16-11-7-6-9(3)15-10(11)4/h6-8,12H,5H2,1-4H3,(H,18,19)(H2,16,17,20). The summed E-state index contributed by atoms with van der Waals surface area (Å²) in [5.74, 6) is -1.18. The third kappa shape index (κ3) is 4.22. The number of rotatable bonds is 5. The number of carboxylic acid groups (broad SMARTS) is 1. The summed E-state index contributed by atoms with van der Waals surface area (Å²) in [4.78, 5) is 27.2. The molecule has 2 unspecified atom stereocenters. The highest BCUT2D eigenvalue weighted by Crippen LogP contribution is 2.13. The van der Waals surface area contributed by atoms with Crippen LogP contribution in [0, 0.1) is 19.8 Å². The Hall–Kier alpha value is -2.11. The number of nitrogens with one attached hydrogen (secondary N) is 2. The van der Waals surface area contributed by atoms with Gasteiger partial charge in [0.1, 0.15) is 6.04 Å². The largest absolute Gasteiger partial charge is 0.480 e. The summed E-state index contributed by atoms with van der Waals surface area (Å²) in [5, 5.41) is 14.2. The van der Waals surface area contributed by atoms with E-state index in [1.807, 2.05) is 13.8 Å². The minimum absolute atomic E-state index is 0.143. The maximum atomic E-state index is 11.9. The molecule has 0 saturated carbocycles. The number of aliphatic carboxylic acids is 1. The molecule has 0 bridgehead atoms. The molecule has 0 fully saturated rings. The number of carbonyl (C=O) groups is 2. The number of aromatic nitrogens is 1. The molecular formula is C14H21N3O3. The molecule has 2 amide bonds. The van der Waals surface area contributed by atoms with Gasteiger partial charge in [-0.2, -0.15) is 0 Å². The number of pyridine rings is 1. The molecule has 0 saturated heterocycles. The molecule has 0 aliphatic heterocycles. The highest BCUT2D eigenvalue weighted by Gasteiger charge is 2.25. The molecule has 0 radical (unpaired) electrons. The Morgan fingerprint density at radius 2 is 2.00 bits per heavy atom. The SMILES string of the molecule is CCC(C)C(NC(=O)Nc1ccc(C)nc1C)C(=O)O. The Morgan fingerprint density at radius 3 is 2.50 bits per heavy atom. The highest BCUT2D eigenvalue weighted by atomic mass is 16.4. The first kappa shape index (κ1) is 15.9. The van der Waals surface area contributed by atoms with Gasteiger partial charge in [-0.1, -0.05) is 20.3 Å². The quantitative estimate of drug-likeness (QED) is 0.771. The normalized spacial score (nSPS) is 13.4. The van der Waals surface area contributed by atoms with Crippen LogP contribution in [0.3, 0.4) is 0 Å². The number of hydrogen-bond donors (Lipinski definition) is 3. The van der Waals surface area contributed by atoms with E-state index >= 15 is 0 Å². The maximum absolute atomic E-state index is 11.9. The second-order valence-corrected chi connectivity index (χ2v) is 4.89. The van der Waals surface area contributed by atoms with Gasteiger partial charge in [0.25, 0.3) is 0 Å². The van der Waals surface area contributed by atoms with Crippen molar-refractivity contribution in [3.63, 3.8) is 0 Å². The molecule has 3 N–H and O–H groups in total. The second-order valence-electron chi connectivity index (χ2n) is 4.89. The Kier molecular flexibility index (Phi) is 5.49. The van der Waals surface area contributed by atoms with Crippen molar-refractivity contribution in [2.24, 2.45) is 5.92 Å². The molecule has 1 aromatic rings. The molecular weight excluding hydrogens is 258 g/mol. The molecule has 0 aromatic carbocycles. The van der Waals surface area contributed by atoms with Gasteiger partial charge in [-0.15, -0.1) is 0 Å². The zero-order valence-corrected chi connectivity index (χ0v) is 12.2. The predicted molar refractivity (Wildman–Crippen MR) is 76.7 cm³/mol. The first-order chi connectivity index (χ1) is 9.35. The average Bonchev–Trinajstić information content (AvgIpc) is 2.38. The van der Waals surface area contributed by atoms with Crippen molar-refractivity contribution < 1.29 is 14.7 Å². The van der Waals surface area contributed by atoms with Gasteiger partial charge in [0.2, 0.25) is 0 Å². The second kappa shape index (κ2) is 6.88. The fourth-order valence-corrected chi connectivity index (χ4v) is 1.80. The van der Waals surface area contributed by atoms with Crippen LogP contribution in [0.2, 0.25) is 0 Å². The zero-order chi connectivity index (χ0) is 15.3. The fraction of sp³-hybridized carbons (Fsp3) is 0.500. The summed E-state index contributed by atoms with van der Waals surface area (Å²) in [6.07, 6.45) is 0.669. The third-order valence-electron chi connectivity index (χ3n) is 3.24. The zero-order valence-electron chi connectivity index (χ0n) is 12.2. The van der Waals surface area contributed by atoms with Gasteiger partial charge in [-0.25, -0.2) is 9.59 Å². The minimum Gasteiger partial charge on any atom is -0.480 e. The number of carbonyl (C=O) groups excluding carboxylic acids is 1. The van der Waals surface area contributed by atoms with E-state index < -0.39 is 18.0 Å². The van der Waals surface area contributed by atoms with Crippen LogP contribution in [0.15, 0.2) is 12.1 Å². The molecule has 1 rings (SSSR count). The Morgan fingerprint density at radius 1 is 1.35 bits per heavy atom. The molecule has 6 heteroatoms. The predicted octanol–water partition coefficient (Wildman–Crippen LogP) is 2.32. The summed E-state index contributed by atoms with van der Waals surface area (Å²) < 4.78 is 0. The fourth-order valence-electron chi connectivity index (χ4n) is 1.80. The Labute approximate surface area is 118 Å². The van der Waals surface area contributed by atoms with Crippen LogP contribution < -0.4 is 10.6 Å². The molecule has 1 heterocycles. The van der Waals surface area contributed by atoms with Gasteiger partial charge >= 0.3 is 12.0 Å². The highest BCUT2D eigenvalue weighted by molar-refractivity contribution is 5.92. The number of carboxylic acids is 1. The number of nitrogens with zero attached hydrogens (tertiary/aromatic N) is 1. The van der Waals surface area contributed by atoms with Gasteiger partial charge in [0.05, 0.1) is 11.4 Å². The summed E-state index contributed by atoms with van der Waals surface area (Å²) >= 11 is 0. The average molecular weight is 279 g/mol. The molecule has 2 atom stereocenters. The van der Waals surface area contributed by atoms with E-state index in [2.05, 4.69) is 15.6 Å². The number of urea groups is 1. The van der Waals surface area contributed by atoms with Crippen molar-refractivity contribution in [2.45, 2.75) is 40.2 Å². The van der Waals surface area contributed by atoms with Crippen LogP contribution >= 0.6 is 0 Å². The topological polar surface area (TPSA) is 91.3 Å². The first-order valence-electron chi connectivity index (χ1n) is 6.59. The van der Waals surface area contributed by atoms with Gasteiger partial charge in [0, 0.05) is 5.69 Å². The third-order valence-corrected chi connectivity index (χ3v) is 3.24. The van der Waals surface area contributed by atoms with E-state index in [9.17, 15) is 9.59 Å². The van der Waals surface area contributed by atoms with Crippen LogP contribution in [-0.2, 0) is 4.79 Å². The van der Waals surface area contributed by atoms with Crippen LogP contribution in [0.25, 0.3) is 0 Å². The summed E-state index contributed by atoms with van der Waals surface area (Å²) in [5.41, 5.74) is 2.12. The van der Waals surface area contributed by atoms with Crippen molar-refractivity contribution in [1.29, 1.82) is 0 Å². The van der Waals surface area contributed by atoms with Crippen molar-refractivity contribution in [2.75, 3.05) is 5.32 Å². The molecule has 0 spiro atoms. The lowest BCUT2D eigenvalue weighted by Gasteiger charge is -2.20. The molecule has 0 aliphatic carbocycles. The van der Waals surface area contributed by atoms with E-state index in [0.29, 0.717) is 17.8 Å². The van der Waals surface area contributed by atoms with E-state index in [1.165, 1.54) is 0 Å². The van der Waals surface area contributed by atoms with E-state index in [-0.39, 0.29) is 5.92 Å². The van der Waals surface area contributed by atoms with Crippen molar-refractivity contribution in [3.8, 4) is 0 Å². The molecule has 1 aromatic heterocycles. The number of hydrogen-bond acceptors (Lipinski definition) is 3. The van der Waals surface area contributed by atoms with Crippen LogP contribution in [0.4, 0.5) is 10.5 Å². The molecule has 0 aliphatic rings. The lowest BCUT2D eigenvalue weighted by molar-refractivity contribution is -0.140. The van der Waals surface area contributed by atoms with Gasteiger partial charge < -0.3 is 15.7 Å². The van der Waals surface area contributed by atoms with E-state index in [4.69, 9.17) is 5.11 Å². The minimum atomic E-state index is -1.03. The monoisotopic (exact) mass is 279 g/mol. The van der Waals surface area contributed by atoms with Crippen LogP contribution in [0.5, 0.6) is 0 Å². The van der Waals surface area contributed by atoms with E-state index in [1.54, 1.807) is 26.0 Å². The number of anilines is 1. The lowest BCUT2D eigenvalue weighted by atomic mass is 9.99. The Balaban J connectivity index is 2.73. The Bertz CT molecular complexity index is 502. The molecule has 6 nitrogen and oxygen atoms in total. The number of aryl methyl sites for hydroxylation is 2. The molecule has 20 heavy (non-hydrogen) atoms. The van der Waals surface area contributed by atoms with E-state index in [0.717, 1.165) is 5.69 Å². The molecule has 110 valence electrons. The lowest BCUT2D eigenvalue weighted by Crippen LogP contribution is -2.46. The van der Waals surface area contributed by atoms with Crippen molar-refractivity contribution >= 4 is 17.7 Å². The van der Waals surface area contributed by atoms with Crippen LogP contribution in [-0.4, -0.2) is 28.1 Å². The maximum Gasteiger partial charge on any atom is 0.326 e. The summed E-state index contributed by atoms with van der Waals surface area (Å²) in [6, 6.07) is 2.09. The van der Waals surface area contributed by atoms with Crippen LogP contribution in [0.1, 0.15) is 31.7 Å². The van der Waals surface area contributed by atoms with Gasteiger partial charge in [-0.05, 0) is 31.9 Å². The summed E-state index contributed by atoms with van der Waals surface area (Å²) in [6.45, 7) is 7.32. The number of amides is 2. The van der Waals surface area contributed by atoms with Gasteiger partial charge in [-0.3, -0.25) is 4.98 Å². The van der Waals surface area contributed by atoms with Gasteiger partial charge in [0.15, 0.2) is 0 Å². The first-order valence-corrected chi connectivity index (χ1v) is 6.59. The summed E-state index contributed by atoms with van der Waals surface area (Å²) in [7, 11) is 0. The van der Waals surface area contributed by atoms with Crippen molar-refractivity contribution in [3.05, 3.63) is 23.5 Å². The smallest absolute Gasteiger partial charge is 0.326 e.